The number of hydrogen-bond donors (Lipinski definition) is 0. The zero-order valence-corrected chi connectivity index (χ0v) is 14.8. The van der Waals surface area contributed by atoms with E-state index in [2.05, 4.69) is 11.4 Å². The number of rotatable bonds is 3. The summed E-state index contributed by atoms with van der Waals surface area (Å²) >= 11 is 1.74. The second-order valence-electron chi connectivity index (χ2n) is 5.87. The minimum atomic E-state index is -3.33. The lowest BCUT2D eigenvalue weighted by Gasteiger charge is -2.34. The van der Waals surface area contributed by atoms with Gasteiger partial charge in [-0.05, 0) is 42.0 Å². The van der Waals surface area contributed by atoms with Gasteiger partial charge in [-0.1, -0.05) is 18.2 Å². The Kier molecular flexibility index (Phi) is 4.29. The van der Waals surface area contributed by atoms with Gasteiger partial charge in [0.05, 0.1) is 17.4 Å². The Bertz CT molecular complexity index is 839. The van der Waals surface area contributed by atoms with E-state index in [9.17, 15) is 13.2 Å². The van der Waals surface area contributed by atoms with Crippen LogP contribution in [0.1, 0.15) is 29.0 Å². The first-order chi connectivity index (χ1) is 10.9. The molecule has 1 amide bonds. The first kappa shape index (κ1) is 16.2. The molecule has 2 heterocycles. The average Bonchev–Trinajstić information content (AvgIpc) is 2.96. The molecule has 1 aromatic heterocycles. The third kappa shape index (κ3) is 3.19. The van der Waals surface area contributed by atoms with Crippen LogP contribution in [0.15, 0.2) is 40.6 Å². The lowest BCUT2D eigenvalue weighted by molar-refractivity contribution is -0.133. The minimum absolute atomic E-state index is 0.0227. The van der Waals surface area contributed by atoms with Crippen LogP contribution in [-0.2, 0) is 27.5 Å². The molecule has 4 nitrogen and oxygen atoms in total. The molecule has 0 fully saturated rings. The molecule has 122 valence electrons. The molecular weight excluding hydrogens is 330 g/mol. The van der Waals surface area contributed by atoms with E-state index in [0.29, 0.717) is 12.1 Å². The highest BCUT2D eigenvalue weighted by atomic mass is 32.2. The Labute approximate surface area is 140 Å². The third-order valence-corrected chi connectivity index (χ3v) is 6.51. The van der Waals surface area contributed by atoms with E-state index in [1.54, 1.807) is 35.6 Å². The number of sulfone groups is 1. The molecule has 1 aliphatic heterocycles. The summed E-state index contributed by atoms with van der Waals surface area (Å²) in [6.45, 7) is 2.72. The van der Waals surface area contributed by atoms with Gasteiger partial charge in [-0.2, -0.15) is 0 Å². The van der Waals surface area contributed by atoms with Gasteiger partial charge in [-0.25, -0.2) is 8.42 Å². The Morgan fingerprint density at radius 2 is 2.04 bits per heavy atom. The van der Waals surface area contributed by atoms with Crippen LogP contribution < -0.4 is 0 Å². The second kappa shape index (κ2) is 6.09. The van der Waals surface area contributed by atoms with Crippen molar-refractivity contribution in [2.45, 2.75) is 30.7 Å². The smallest absolute Gasteiger partial charge is 0.227 e. The highest BCUT2D eigenvalue weighted by Crippen LogP contribution is 2.33. The molecule has 0 saturated heterocycles. The van der Waals surface area contributed by atoms with Gasteiger partial charge in [-0.15, -0.1) is 11.3 Å². The Balaban J connectivity index is 1.84. The second-order valence-corrected chi connectivity index (χ2v) is 8.85. The summed E-state index contributed by atoms with van der Waals surface area (Å²) in [7, 11) is -3.33. The summed E-state index contributed by atoms with van der Waals surface area (Å²) in [6, 6.07) is 8.87. The van der Waals surface area contributed by atoms with E-state index in [0.717, 1.165) is 6.42 Å². The maximum absolute atomic E-state index is 12.7. The van der Waals surface area contributed by atoms with Crippen LogP contribution >= 0.6 is 11.3 Å². The molecule has 6 heteroatoms. The molecule has 0 bridgehead atoms. The summed E-state index contributed by atoms with van der Waals surface area (Å²) in [5.74, 6) is -0.0227. The monoisotopic (exact) mass is 349 g/mol. The number of amides is 1. The van der Waals surface area contributed by atoms with Gasteiger partial charge in [0.1, 0.15) is 0 Å². The van der Waals surface area contributed by atoms with Crippen LogP contribution in [0.3, 0.4) is 0 Å². The lowest BCUT2D eigenvalue weighted by atomic mass is 10.0. The predicted molar refractivity (Wildman–Crippen MR) is 91.4 cm³/mol. The summed E-state index contributed by atoms with van der Waals surface area (Å²) < 4.78 is 23.8. The maximum Gasteiger partial charge on any atom is 0.227 e. The topological polar surface area (TPSA) is 54.5 Å². The van der Waals surface area contributed by atoms with Gasteiger partial charge in [0, 0.05) is 17.7 Å². The van der Waals surface area contributed by atoms with Crippen LogP contribution in [0, 0.1) is 0 Å². The molecule has 0 aliphatic carbocycles. The zero-order valence-electron chi connectivity index (χ0n) is 13.2. The highest BCUT2D eigenvalue weighted by Gasteiger charge is 2.29. The van der Waals surface area contributed by atoms with Crippen molar-refractivity contribution in [3.05, 3.63) is 51.7 Å². The fourth-order valence-electron chi connectivity index (χ4n) is 3.13. The average molecular weight is 349 g/mol. The largest absolute Gasteiger partial charge is 0.335 e. The van der Waals surface area contributed by atoms with E-state index in [1.165, 1.54) is 16.7 Å². The van der Waals surface area contributed by atoms with Crippen molar-refractivity contribution in [2.24, 2.45) is 0 Å². The van der Waals surface area contributed by atoms with Crippen molar-refractivity contribution < 1.29 is 13.2 Å². The molecule has 0 N–H and O–H groups in total. The molecule has 1 unspecified atom stereocenters. The van der Waals surface area contributed by atoms with Gasteiger partial charge < -0.3 is 4.90 Å². The van der Waals surface area contributed by atoms with Crippen molar-refractivity contribution in [1.82, 2.24) is 4.90 Å². The molecule has 23 heavy (non-hydrogen) atoms. The highest BCUT2D eigenvalue weighted by molar-refractivity contribution is 7.90. The number of nitrogens with zero attached hydrogens (tertiary/aromatic N) is 1. The number of fused-ring (bicyclic) bond motifs is 1. The molecule has 0 radical (unpaired) electrons. The molecule has 1 atom stereocenters. The van der Waals surface area contributed by atoms with Crippen LogP contribution in [0.5, 0.6) is 0 Å². The number of benzene rings is 1. The summed E-state index contributed by atoms with van der Waals surface area (Å²) in [4.78, 5) is 16.2. The molecule has 0 saturated carbocycles. The van der Waals surface area contributed by atoms with Crippen molar-refractivity contribution in [3.8, 4) is 0 Å². The summed E-state index contributed by atoms with van der Waals surface area (Å²) in [5, 5.41) is 2.06. The van der Waals surface area contributed by atoms with Gasteiger partial charge in [0.25, 0.3) is 0 Å². The zero-order chi connectivity index (χ0) is 16.6. The number of carbonyl (C=O) groups excluding carboxylic acids is 1. The van der Waals surface area contributed by atoms with E-state index in [4.69, 9.17) is 0 Å². The fraction of sp³-hybridized carbons (Fsp3) is 0.353. The first-order valence-corrected chi connectivity index (χ1v) is 10.3. The third-order valence-electron chi connectivity index (χ3n) is 4.31. The SMILES string of the molecule is CC1c2ccsc2CCN1C(=O)Cc1ccccc1S(C)(=O)=O. The van der Waals surface area contributed by atoms with E-state index in [1.807, 2.05) is 11.8 Å². The molecule has 0 spiro atoms. The normalized spacial score (nSPS) is 17.8. The fourth-order valence-corrected chi connectivity index (χ4v) is 5.03. The molecule has 3 rings (SSSR count). The maximum atomic E-state index is 12.7. The van der Waals surface area contributed by atoms with Crippen LogP contribution in [-0.4, -0.2) is 32.0 Å². The molecule has 1 aliphatic rings. The van der Waals surface area contributed by atoms with Gasteiger partial charge in [0.2, 0.25) is 5.91 Å². The Morgan fingerprint density at radius 3 is 2.78 bits per heavy atom. The number of carbonyl (C=O) groups is 1. The van der Waals surface area contributed by atoms with Crippen molar-refractivity contribution in [1.29, 1.82) is 0 Å². The predicted octanol–water partition coefficient (Wildman–Crippen LogP) is 2.84. The van der Waals surface area contributed by atoms with E-state index >= 15 is 0 Å². The van der Waals surface area contributed by atoms with Crippen molar-refractivity contribution >= 4 is 27.1 Å². The van der Waals surface area contributed by atoms with Crippen LogP contribution in [0.2, 0.25) is 0 Å². The van der Waals surface area contributed by atoms with Gasteiger partial charge in [-0.3, -0.25) is 4.79 Å². The minimum Gasteiger partial charge on any atom is -0.335 e. The van der Waals surface area contributed by atoms with Crippen molar-refractivity contribution in [2.75, 3.05) is 12.8 Å². The Morgan fingerprint density at radius 1 is 1.30 bits per heavy atom. The molecule has 2 aromatic rings. The van der Waals surface area contributed by atoms with E-state index in [-0.39, 0.29) is 23.3 Å². The van der Waals surface area contributed by atoms with Gasteiger partial charge >= 0.3 is 0 Å². The van der Waals surface area contributed by atoms with E-state index < -0.39 is 9.84 Å². The van der Waals surface area contributed by atoms with Crippen LogP contribution in [0.25, 0.3) is 0 Å². The quantitative estimate of drug-likeness (QED) is 0.856. The molecular formula is C17H19NO3S2. The standard InChI is InChI=1S/C17H19NO3S2/c1-12-14-8-10-22-15(14)7-9-18(12)17(19)11-13-5-3-4-6-16(13)23(2,20)21/h3-6,8,10,12H,7,9,11H2,1-2H3. The van der Waals surface area contributed by atoms with Crippen LogP contribution in [0.4, 0.5) is 0 Å². The molecule has 1 aromatic carbocycles. The van der Waals surface area contributed by atoms with Gasteiger partial charge in [0.15, 0.2) is 9.84 Å². The Hall–Kier alpha value is -1.66. The summed E-state index contributed by atoms with van der Waals surface area (Å²) in [6.07, 6.45) is 2.17. The summed E-state index contributed by atoms with van der Waals surface area (Å²) in [5.41, 5.74) is 1.79. The number of hydrogen-bond acceptors (Lipinski definition) is 4. The lowest BCUT2D eigenvalue weighted by Crippen LogP contribution is -2.39. The number of thiophene rings is 1. The first-order valence-electron chi connectivity index (χ1n) is 7.51. The van der Waals surface area contributed by atoms with Crippen molar-refractivity contribution in [3.63, 3.8) is 0 Å².